The molecule has 1 heterocycles. The summed E-state index contributed by atoms with van der Waals surface area (Å²) in [5.41, 5.74) is 4.21. The van der Waals surface area contributed by atoms with Crippen LogP contribution in [0.3, 0.4) is 0 Å². The number of nitrogens with one attached hydrogen (secondary N) is 1. The van der Waals surface area contributed by atoms with Crippen molar-refractivity contribution in [3.05, 3.63) is 66.5 Å². The number of hydrogen-bond acceptors (Lipinski definition) is 4. The van der Waals surface area contributed by atoms with E-state index in [2.05, 4.69) is 34.3 Å². The third kappa shape index (κ3) is 3.23. The summed E-state index contributed by atoms with van der Waals surface area (Å²) in [5, 5.41) is 3.20. The molecule has 0 saturated carbocycles. The van der Waals surface area contributed by atoms with Crippen molar-refractivity contribution < 1.29 is 4.74 Å². The molecule has 0 aliphatic carbocycles. The zero-order chi connectivity index (χ0) is 15.4. The smallest absolute Gasteiger partial charge is 0.227 e. The van der Waals surface area contributed by atoms with Crippen molar-refractivity contribution in [2.75, 3.05) is 12.4 Å². The largest absolute Gasteiger partial charge is 0.497 e. The Morgan fingerprint density at radius 3 is 2.27 bits per heavy atom. The van der Waals surface area contributed by atoms with Gasteiger partial charge in [0, 0.05) is 23.6 Å². The van der Waals surface area contributed by atoms with Crippen LogP contribution in [-0.2, 0) is 0 Å². The summed E-state index contributed by atoms with van der Waals surface area (Å²) in [4.78, 5) is 8.74. The van der Waals surface area contributed by atoms with Gasteiger partial charge in [-0.05, 0) is 42.3 Å². The number of aryl methyl sites for hydroxylation is 1. The van der Waals surface area contributed by atoms with Crippen molar-refractivity contribution in [3.63, 3.8) is 0 Å². The van der Waals surface area contributed by atoms with E-state index < -0.39 is 0 Å². The number of benzene rings is 2. The molecule has 110 valence electrons. The number of anilines is 2. The SMILES string of the molecule is COc1ccc(-c2cnc(Nc3cccc(C)c3)nc2)cc1. The Morgan fingerprint density at radius 1 is 0.909 bits per heavy atom. The monoisotopic (exact) mass is 291 g/mol. The molecular formula is C18H17N3O. The summed E-state index contributed by atoms with van der Waals surface area (Å²) in [6, 6.07) is 15.9. The molecule has 4 nitrogen and oxygen atoms in total. The number of aromatic nitrogens is 2. The Bertz CT molecular complexity index is 752. The molecule has 1 aromatic heterocycles. The van der Waals surface area contributed by atoms with Gasteiger partial charge in [0.25, 0.3) is 0 Å². The predicted octanol–water partition coefficient (Wildman–Crippen LogP) is 4.20. The first-order chi connectivity index (χ1) is 10.7. The average Bonchev–Trinajstić information content (AvgIpc) is 2.56. The number of methoxy groups -OCH3 is 1. The lowest BCUT2D eigenvalue weighted by Gasteiger charge is -2.07. The van der Waals surface area contributed by atoms with E-state index in [1.165, 1.54) is 5.56 Å². The quantitative estimate of drug-likeness (QED) is 0.782. The van der Waals surface area contributed by atoms with E-state index in [1.54, 1.807) is 7.11 Å². The van der Waals surface area contributed by atoms with Crippen molar-refractivity contribution in [2.45, 2.75) is 6.92 Å². The Labute approximate surface area is 129 Å². The predicted molar refractivity (Wildman–Crippen MR) is 88.5 cm³/mol. The summed E-state index contributed by atoms with van der Waals surface area (Å²) in [7, 11) is 1.66. The van der Waals surface area contributed by atoms with Crippen molar-refractivity contribution in [3.8, 4) is 16.9 Å². The lowest BCUT2D eigenvalue weighted by molar-refractivity contribution is 0.415. The minimum atomic E-state index is 0.586. The maximum Gasteiger partial charge on any atom is 0.227 e. The molecule has 2 aromatic carbocycles. The van der Waals surface area contributed by atoms with Crippen LogP contribution in [0.2, 0.25) is 0 Å². The van der Waals surface area contributed by atoms with Crippen LogP contribution in [0.15, 0.2) is 60.9 Å². The van der Waals surface area contributed by atoms with Gasteiger partial charge < -0.3 is 10.1 Å². The number of rotatable bonds is 4. The van der Waals surface area contributed by atoms with E-state index in [9.17, 15) is 0 Å². The first-order valence-corrected chi connectivity index (χ1v) is 7.05. The van der Waals surface area contributed by atoms with Gasteiger partial charge in [0.15, 0.2) is 0 Å². The molecular weight excluding hydrogens is 274 g/mol. The Hall–Kier alpha value is -2.88. The second-order valence-corrected chi connectivity index (χ2v) is 5.02. The molecule has 0 atom stereocenters. The van der Waals surface area contributed by atoms with E-state index in [0.717, 1.165) is 22.6 Å². The molecule has 0 radical (unpaired) electrons. The highest BCUT2D eigenvalue weighted by molar-refractivity contribution is 5.63. The maximum absolute atomic E-state index is 5.16. The molecule has 0 aliphatic heterocycles. The van der Waals surface area contributed by atoms with Crippen LogP contribution >= 0.6 is 0 Å². The highest BCUT2D eigenvalue weighted by Gasteiger charge is 2.02. The number of ether oxygens (including phenoxy) is 1. The molecule has 0 saturated heterocycles. The first-order valence-electron chi connectivity index (χ1n) is 7.05. The summed E-state index contributed by atoms with van der Waals surface area (Å²) in [6.07, 6.45) is 3.62. The molecule has 0 unspecified atom stereocenters. The van der Waals surface area contributed by atoms with Crippen LogP contribution in [0.5, 0.6) is 5.75 Å². The lowest BCUT2D eigenvalue weighted by atomic mass is 10.1. The molecule has 0 fully saturated rings. The molecule has 0 spiro atoms. The number of hydrogen-bond donors (Lipinski definition) is 1. The summed E-state index contributed by atoms with van der Waals surface area (Å²) in [5.74, 6) is 1.42. The first kappa shape index (κ1) is 14.1. The van der Waals surface area contributed by atoms with E-state index in [4.69, 9.17) is 4.74 Å². The van der Waals surface area contributed by atoms with E-state index in [1.807, 2.05) is 48.8 Å². The van der Waals surface area contributed by atoms with Crippen LogP contribution in [-0.4, -0.2) is 17.1 Å². The van der Waals surface area contributed by atoms with Crippen LogP contribution < -0.4 is 10.1 Å². The summed E-state index contributed by atoms with van der Waals surface area (Å²) < 4.78 is 5.16. The van der Waals surface area contributed by atoms with Gasteiger partial charge in [0.1, 0.15) is 5.75 Å². The molecule has 0 aliphatic rings. The van der Waals surface area contributed by atoms with Crippen molar-refractivity contribution in [1.29, 1.82) is 0 Å². The zero-order valence-corrected chi connectivity index (χ0v) is 12.6. The Kier molecular flexibility index (Phi) is 4.01. The fraction of sp³-hybridized carbons (Fsp3) is 0.111. The van der Waals surface area contributed by atoms with Gasteiger partial charge in [-0.2, -0.15) is 0 Å². The van der Waals surface area contributed by atoms with Crippen molar-refractivity contribution >= 4 is 11.6 Å². The molecule has 0 amide bonds. The highest BCUT2D eigenvalue weighted by atomic mass is 16.5. The zero-order valence-electron chi connectivity index (χ0n) is 12.6. The summed E-state index contributed by atoms with van der Waals surface area (Å²) >= 11 is 0. The van der Waals surface area contributed by atoms with Gasteiger partial charge in [-0.3, -0.25) is 0 Å². The van der Waals surface area contributed by atoms with Gasteiger partial charge in [-0.25, -0.2) is 9.97 Å². The van der Waals surface area contributed by atoms with Crippen LogP contribution in [0.4, 0.5) is 11.6 Å². The van der Waals surface area contributed by atoms with Crippen molar-refractivity contribution in [1.82, 2.24) is 9.97 Å². The number of nitrogens with zero attached hydrogens (tertiary/aromatic N) is 2. The molecule has 3 aromatic rings. The van der Waals surface area contributed by atoms with Gasteiger partial charge in [0.05, 0.1) is 7.11 Å². The van der Waals surface area contributed by atoms with Crippen LogP contribution in [0.25, 0.3) is 11.1 Å². The molecule has 22 heavy (non-hydrogen) atoms. The van der Waals surface area contributed by atoms with E-state index in [0.29, 0.717) is 5.95 Å². The molecule has 4 heteroatoms. The highest BCUT2D eigenvalue weighted by Crippen LogP contribution is 2.22. The van der Waals surface area contributed by atoms with Gasteiger partial charge in [-0.1, -0.05) is 24.3 Å². The lowest BCUT2D eigenvalue weighted by Crippen LogP contribution is -1.97. The summed E-state index contributed by atoms with van der Waals surface area (Å²) in [6.45, 7) is 2.05. The standard InChI is InChI=1S/C18H17N3O/c1-13-4-3-5-16(10-13)21-18-19-11-15(12-20-18)14-6-8-17(22-2)9-7-14/h3-12H,1-2H3,(H,19,20,21). The molecule has 3 rings (SSSR count). The normalized spacial score (nSPS) is 10.3. The topological polar surface area (TPSA) is 47.0 Å². The average molecular weight is 291 g/mol. The third-order valence-electron chi connectivity index (χ3n) is 3.35. The van der Waals surface area contributed by atoms with Gasteiger partial charge >= 0.3 is 0 Å². The fourth-order valence-corrected chi connectivity index (χ4v) is 2.18. The third-order valence-corrected chi connectivity index (χ3v) is 3.35. The van der Waals surface area contributed by atoms with E-state index in [-0.39, 0.29) is 0 Å². The van der Waals surface area contributed by atoms with Crippen LogP contribution in [0.1, 0.15) is 5.56 Å². The Balaban J connectivity index is 1.77. The fourth-order valence-electron chi connectivity index (χ4n) is 2.18. The minimum absolute atomic E-state index is 0.586. The van der Waals surface area contributed by atoms with E-state index >= 15 is 0 Å². The van der Waals surface area contributed by atoms with Crippen molar-refractivity contribution in [2.24, 2.45) is 0 Å². The maximum atomic E-state index is 5.16. The Morgan fingerprint density at radius 2 is 1.64 bits per heavy atom. The van der Waals surface area contributed by atoms with Crippen LogP contribution in [0, 0.1) is 6.92 Å². The minimum Gasteiger partial charge on any atom is -0.497 e. The van der Waals surface area contributed by atoms with Gasteiger partial charge in [-0.15, -0.1) is 0 Å². The second-order valence-electron chi connectivity index (χ2n) is 5.02. The molecule has 1 N–H and O–H groups in total. The van der Waals surface area contributed by atoms with Gasteiger partial charge in [0.2, 0.25) is 5.95 Å². The second kappa shape index (κ2) is 6.26. The molecule has 0 bridgehead atoms.